The van der Waals surface area contributed by atoms with Gasteiger partial charge in [-0.15, -0.1) is 0 Å². The first-order chi connectivity index (χ1) is 5.97. The van der Waals surface area contributed by atoms with Crippen LogP contribution in [-0.4, -0.2) is 29.2 Å². The number of aliphatic carboxylic acids is 1. The number of carboxylic acids is 1. The van der Waals surface area contributed by atoms with E-state index in [4.69, 9.17) is 5.11 Å². The van der Waals surface area contributed by atoms with Gasteiger partial charge in [-0.25, -0.2) is 4.79 Å². The number of rotatable bonds is 4. The topological polar surface area (TPSA) is 78.4 Å². The summed E-state index contributed by atoms with van der Waals surface area (Å²) in [4.78, 5) is 21.4. The van der Waals surface area contributed by atoms with Gasteiger partial charge in [0.2, 0.25) is 0 Å². The van der Waals surface area contributed by atoms with Gasteiger partial charge in [-0.05, 0) is 20.3 Å². The van der Waals surface area contributed by atoms with Crippen molar-refractivity contribution in [3.8, 4) is 0 Å². The van der Waals surface area contributed by atoms with Crippen molar-refractivity contribution in [2.24, 2.45) is 0 Å². The van der Waals surface area contributed by atoms with E-state index in [2.05, 4.69) is 10.6 Å². The van der Waals surface area contributed by atoms with Gasteiger partial charge in [0, 0.05) is 6.04 Å². The third-order valence-corrected chi connectivity index (χ3v) is 1.71. The predicted octanol–water partition coefficient (Wildman–Crippen LogP) is 0.557. The highest BCUT2D eigenvalue weighted by molar-refractivity contribution is 5.82. The number of carbonyl (C=O) groups excluding carboxylic acids is 1. The standard InChI is InChI=1S/C8H16N2O3/c1-4-5(2)9-8(13)10-6(3)7(11)12/h5-6H,4H2,1-3H3,(H,11,12)(H2,9,10,13)/t5?,6-/m0/s1. The summed E-state index contributed by atoms with van der Waals surface area (Å²) in [6.07, 6.45) is 0.814. The third kappa shape index (κ3) is 5.05. The maximum absolute atomic E-state index is 11.0. The smallest absolute Gasteiger partial charge is 0.325 e. The zero-order valence-corrected chi connectivity index (χ0v) is 8.13. The van der Waals surface area contributed by atoms with Crippen LogP contribution in [0, 0.1) is 0 Å². The Morgan fingerprint density at radius 2 is 1.85 bits per heavy atom. The molecule has 0 aliphatic carbocycles. The second-order valence-electron chi connectivity index (χ2n) is 2.99. The molecular formula is C8H16N2O3. The molecule has 13 heavy (non-hydrogen) atoms. The van der Waals surface area contributed by atoms with E-state index in [0.29, 0.717) is 0 Å². The molecule has 0 heterocycles. The number of amides is 2. The molecule has 0 radical (unpaired) electrons. The van der Waals surface area contributed by atoms with E-state index < -0.39 is 18.0 Å². The highest BCUT2D eigenvalue weighted by Gasteiger charge is 2.14. The third-order valence-electron chi connectivity index (χ3n) is 1.71. The molecule has 5 heteroatoms. The summed E-state index contributed by atoms with van der Waals surface area (Å²) in [5.74, 6) is -1.04. The fraction of sp³-hybridized carbons (Fsp3) is 0.750. The van der Waals surface area contributed by atoms with E-state index in [0.717, 1.165) is 6.42 Å². The fourth-order valence-electron chi connectivity index (χ4n) is 0.626. The number of hydrogen-bond donors (Lipinski definition) is 3. The maximum atomic E-state index is 11.0. The molecule has 0 fully saturated rings. The zero-order valence-electron chi connectivity index (χ0n) is 8.13. The number of carbonyl (C=O) groups is 2. The predicted molar refractivity (Wildman–Crippen MR) is 48.5 cm³/mol. The van der Waals surface area contributed by atoms with Crippen LogP contribution in [0.5, 0.6) is 0 Å². The van der Waals surface area contributed by atoms with Crippen LogP contribution < -0.4 is 10.6 Å². The van der Waals surface area contributed by atoms with Crippen LogP contribution in [0.2, 0.25) is 0 Å². The van der Waals surface area contributed by atoms with Gasteiger partial charge in [-0.3, -0.25) is 4.79 Å². The molecule has 76 valence electrons. The average molecular weight is 188 g/mol. The van der Waals surface area contributed by atoms with Gasteiger partial charge in [0.05, 0.1) is 0 Å². The molecule has 2 amide bonds. The van der Waals surface area contributed by atoms with Crippen molar-refractivity contribution in [3.05, 3.63) is 0 Å². The van der Waals surface area contributed by atoms with Crippen LogP contribution in [0.3, 0.4) is 0 Å². The van der Waals surface area contributed by atoms with Gasteiger partial charge in [-0.1, -0.05) is 6.92 Å². The SMILES string of the molecule is CCC(C)NC(=O)N[C@@H](C)C(=O)O. The van der Waals surface area contributed by atoms with Crippen molar-refractivity contribution in [3.63, 3.8) is 0 Å². The number of hydrogen-bond acceptors (Lipinski definition) is 2. The second-order valence-corrected chi connectivity index (χ2v) is 2.99. The van der Waals surface area contributed by atoms with Crippen molar-refractivity contribution in [1.29, 1.82) is 0 Å². The summed E-state index contributed by atoms with van der Waals surface area (Å²) < 4.78 is 0. The summed E-state index contributed by atoms with van der Waals surface area (Å²) >= 11 is 0. The largest absolute Gasteiger partial charge is 0.480 e. The maximum Gasteiger partial charge on any atom is 0.325 e. The minimum atomic E-state index is -1.04. The lowest BCUT2D eigenvalue weighted by Crippen LogP contribution is -2.46. The molecule has 0 aromatic heterocycles. The second kappa shape index (κ2) is 5.40. The number of nitrogens with one attached hydrogen (secondary N) is 2. The quantitative estimate of drug-likeness (QED) is 0.603. The molecule has 3 N–H and O–H groups in total. The van der Waals surface area contributed by atoms with Gasteiger partial charge in [-0.2, -0.15) is 0 Å². The lowest BCUT2D eigenvalue weighted by Gasteiger charge is -2.14. The highest BCUT2D eigenvalue weighted by atomic mass is 16.4. The Labute approximate surface area is 77.5 Å². The molecule has 0 bridgehead atoms. The minimum Gasteiger partial charge on any atom is -0.480 e. The lowest BCUT2D eigenvalue weighted by molar-refractivity contribution is -0.138. The van der Waals surface area contributed by atoms with Gasteiger partial charge in [0.15, 0.2) is 0 Å². The molecule has 0 saturated heterocycles. The molecule has 0 aliphatic heterocycles. The number of urea groups is 1. The van der Waals surface area contributed by atoms with E-state index in [1.807, 2.05) is 13.8 Å². The van der Waals surface area contributed by atoms with Crippen LogP contribution >= 0.6 is 0 Å². The Morgan fingerprint density at radius 1 is 1.31 bits per heavy atom. The first-order valence-electron chi connectivity index (χ1n) is 4.27. The molecule has 1 unspecified atom stereocenters. The van der Waals surface area contributed by atoms with Crippen LogP contribution in [0.15, 0.2) is 0 Å². The summed E-state index contributed by atoms with van der Waals surface area (Å²) in [6, 6.07) is -1.24. The zero-order chi connectivity index (χ0) is 10.4. The van der Waals surface area contributed by atoms with Crippen molar-refractivity contribution in [1.82, 2.24) is 10.6 Å². The molecular weight excluding hydrogens is 172 g/mol. The Hall–Kier alpha value is -1.26. The fourth-order valence-corrected chi connectivity index (χ4v) is 0.626. The van der Waals surface area contributed by atoms with Crippen molar-refractivity contribution in [2.45, 2.75) is 39.3 Å². The van der Waals surface area contributed by atoms with Crippen molar-refractivity contribution in [2.75, 3.05) is 0 Å². The van der Waals surface area contributed by atoms with Gasteiger partial charge in [0.1, 0.15) is 6.04 Å². The van der Waals surface area contributed by atoms with Crippen LogP contribution in [0.25, 0.3) is 0 Å². The highest BCUT2D eigenvalue weighted by Crippen LogP contribution is 1.88. The Kier molecular flexibility index (Phi) is 4.87. The summed E-state index contributed by atoms with van der Waals surface area (Å²) in [6.45, 7) is 5.20. The molecule has 0 aromatic rings. The molecule has 0 aliphatic rings. The van der Waals surface area contributed by atoms with E-state index in [-0.39, 0.29) is 6.04 Å². The van der Waals surface area contributed by atoms with E-state index in [9.17, 15) is 9.59 Å². The van der Waals surface area contributed by atoms with Crippen LogP contribution in [0.4, 0.5) is 4.79 Å². The van der Waals surface area contributed by atoms with E-state index >= 15 is 0 Å². The Morgan fingerprint density at radius 3 is 2.23 bits per heavy atom. The van der Waals surface area contributed by atoms with Gasteiger partial charge in [0.25, 0.3) is 0 Å². The molecule has 0 spiro atoms. The lowest BCUT2D eigenvalue weighted by atomic mass is 10.3. The number of carboxylic acid groups (broad SMARTS) is 1. The molecule has 5 nitrogen and oxygen atoms in total. The minimum absolute atomic E-state index is 0.0565. The van der Waals surface area contributed by atoms with Gasteiger partial charge >= 0.3 is 12.0 Å². The first kappa shape index (κ1) is 11.7. The Balaban J connectivity index is 3.81. The van der Waals surface area contributed by atoms with Gasteiger partial charge < -0.3 is 15.7 Å². The van der Waals surface area contributed by atoms with E-state index in [1.54, 1.807) is 0 Å². The van der Waals surface area contributed by atoms with Crippen LogP contribution in [-0.2, 0) is 4.79 Å². The molecule has 2 atom stereocenters. The molecule has 0 rings (SSSR count). The Bertz CT molecular complexity index is 194. The normalized spacial score (nSPS) is 14.4. The molecule has 0 saturated carbocycles. The monoisotopic (exact) mass is 188 g/mol. The average Bonchev–Trinajstić information content (AvgIpc) is 2.03. The van der Waals surface area contributed by atoms with E-state index in [1.165, 1.54) is 6.92 Å². The molecule has 0 aromatic carbocycles. The first-order valence-corrected chi connectivity index (χ1v) is 4.27. The van der Waals surface area contributed by atoms with Crippen molar-refractivity contribution < 1.29 is 14.7 Å². The summed E-state index contributed by atoms with van der Waals surface area (Å²) in [5, 5.41) is 13.4. The van der Waals surface area contributed by atoms with Crippen molar-refractivity contribution >= 4 is 12.0 Å². The van der Waals surface area contributed by atoms with Crippen LogP contribution in [0.1, 0.15) is 27.2 Å². The summed E-state index contributed by atoms with van der Waals surface area (Å²) in [5.41, 5.74) is 0. The summed E-state index contributed by atoms with van der Waals surface area (Å²) in [7, 11) is 0.